The van der Waals surface area contributed by atoms with Crippen LogP contribution in [0.5, 0.6) is 0 Å². The van der Waals surface area contributed by atoms with Gasteiger partial charge < -0.3 is 10.2 Å². The maximum Gasteiger partial charge on any atom is 0.228 e. The molecule has 1 aliphatic heterocycles. The maximum absolute atomic E-state index is 12.1. The normalized spacial score (nSPS) is 17.1. The van der Waals surface area contributed by atoms with Gasteiger partial charge in [-0.25, -0.2) is 0 Å². The largest absolute Gasteiger partial charge is 0.314 e. The van der Waals surface area contributed by atoms with Crippen molar-refractivity contribution in [1.82, 2.24) is 5.32 Å². The van der Waals surface area contributed by atoms with Crippen molar-refractivity contribution in [3.63, 3.8) is 0 Å². The van der Waals surface area contributed by atoms with Crippen LogP contribution in [0.2, 0.25) is 0 Å². The topological polar surface area (TPSA) is 32.3 Å². The number of hydrogen-bond donors (Lipinski definition) is 1. The summed E-state index contributed by atoms with van der Waals surface area (Å²) in [5, 5.41) is 3.27. The van der Waals surface area contributed by atoms with Crippen LogP contribution in [-0.2, 0) is 4.79 Å². The molecule has 0 bridgehead atoms. The van der Waals surface area contributed by atoms with Crippen molar-refractivity contribution in [2.45, 2.75) is 27.2 Å². The molecular formula is C14H20N2O. The predicted octanol–water partition coefficient (Wildman–Crippen LogP) is 1.94. The fourth-order valence-electron chi connectivity index (χ4n) is 2.61. The second kappa shape index (κ2) is 4.88. The van der Waals surface area contributed by atoms with Crippen molar-refractivity contribution in [1.29, 1.82) is 0 Å². The molecule has 0 radical (unpaired) electrons. The Bertz CT molecular complexity index is 417. The van der Waals surface area contributed by atoms with Gasteiger partial charge in [0.1, 0.15) is 0 Å². The van der Waals surface area contributed by atoms with Crippen LogP contribution in [0.4, 0.5) is 5.69 Å². The molecule has 2 rings (SSSR count). The average molecular weight is 232 g/mol. The molecule has 17 heavy (non-hydrogen) atoms. The van der Waals surface area contributed by atoms with Gasteiger partial charge in [-0.2, -0.15) is 0 Å². The van der Waals surface area contributed by atoms with Gasteiger partial charge in [0, 0.05) is 31.7 Å². The lowest BCUT2D eigenvalue weighted by atomic mass is 10.0. The fraction of sp³-hybridized carbons (Fsp3) is 0.500. The Balaban J connectivity index is 2.41. The molecule has 1 aromatic rings. The summed E-state index contributed by atoms with van der Waals surface area (Å²) in [5.74, 6) is 0.227. The van der Waals surface area contributed by atoms with Crippen molar-refractivity contribution in [3.8, 4) is 0 Å². The van der Waals surface area contributed by atoms with E-state index in [1.165, 1.54) is 16.7 Å². The lowest BCUT2D eigenvalue weighted by Gasteiger charge is -2.25. The Hall–Kier alpha value is -1.35. The van der Waals surface area contributed by atoms with E-state index in [-0.39, 0.29) is 5.91 Å². The minimum Gasteiger partial charge on any atom is -0.314 e. The number of anilines is 1. The van der Waals surface area contributed by atoms with Gasteiger partial charge in [0.15, 0.2) is 0 Å². The van der Waals surface area contributed by atoms with E-state index >= 15 is 0 Å². The molecule has 0 spiro atoms. The van der Waals surface area contributed by atoms with Gasteiger partial charge >= 0.3 is 0 Å². The van der Waals surface area contributed by atoms with E-state index in [1.807, 2.05) is 4.90 Å². The van der Waals surface area contributed by atoms with E-state index in [1.54, 1.807) is 0 Å². The summed E-state index contributed by atoms with van der Waals surface area (Å²) in [7, 11) is 0. The van der Waals surface area contributed by atoms with Crippen LogP contribution in [0.3, 0.4) is 0 Å². The number of rotatable bonds is 1. The fourth-order valence-corrected chi connectivity index (χ4v) is 2.61. The first-order chi connectivity index (χ1) is 8.09. The van der Waals surface area contributed by atoms with Crippen LogP contribution in [0.25, 0.3) is 0 Å². The number of aryl methyl sites for hydroxylation is 3. The third-order valence-electron chi connectivity index (χ3n) is 3.23. The SMILES string of the molecule is Cc1cc(C)c(N2CCNCCC2=O)c(C)c1. The summed E-state index contributed by atoms with van der Waals surface area (Å²) in [6.07, 6.45) is 0.590. The minimum absolute atomic E-state index is 0.227. The van der Waals surface area contributed by atoms with Crippen LogP contribution in [0.1, 0.15) is 23.1 Å². The molecule has 1 fully saturated rings. The Morgan fingerprint density at radius 3 is 2.41 bits per heavy atom. The summed E-state index contributed by atoms with van der Waals surface area (Å²) in [4.78, 5) is 14.0. The molecular weight excluding hydrogens is 212 g/mol. The molecule has 3 nitrogen and oxygen atoms in total. The highest BCUT2D eigenvalue weighted by molar-refractivity contribution is 5.95. The van der Waals surface area contributed by atoms with Crippen LogP contribution in [0.15, 0.2) is 12.1 Å². The maximum atomic E-state index is 12.1. The summed E-state index contributed by atoms with van der Waals surface area (Å²) >= 11 is 0. The molecule has 3 heteroatoms. The number of carbonyl (C=O) groups is 1. The Morgan fingerprint density at radius 1 is 1.12 bits per heavy atom. The Morgan fingerprint density at radius 2 is 1.76 bits per heavy atom. The third-order valence-corrected chi connectivity index (χ3v) is 3.23. The highest BCUT2D eigenvalue weighted by atomic mass is 16.2. The monoisotopic (exact) mass is 232 g/mol. The first kappa shape index (κ1) is 12.1. The van der Waals surface area contributed by atoms with E-state index in [0.29, 0.717) is 6.42 Å². The number of carbonyl (C=O) groups excluding carboxylic acids is 1. The zero-order valence-electron chi connectivity index (χ0n) is 10.8. The average Bonchev–Trinajstić information content (AvgIpc) is 2.43. The number of hydrogen-bond acceptors (Lipinski definition) is 2. The number of benzene rings is 1. The van der Waals surface area contributed by atoms with Gasteiger partial charge in [-0.1, -0.05) is 17.7 Å². The van der Waals surface area contributed by atoms with Gasteiger partial charge in [0.05, 0.1) is 0 Å². The number of nitrogens with zero attached hydrogens (tertiary/aromatic N) is 1. The second-order valence-electron chi connectivity index (χ2n) is 4.79. The first-order valence-electron chi connectivity index (χ1n) is 6.18. The molecule has 92 valence electrons. The van der Waals surface area contributed by atoms with Crippen LogP contribution < -0.4 is 10.2 Å². The van der Waals surface area contributed by atoms with E-state index in [2.05, 4.69) is 38.2 Å². The van der Waals surface area contributed by atoms with Gasteiger partial charge in [0.2, 0.25) is 5.91 Å². The van der Waals surface area contributed by atoms with E-state index in [0.717, 1.165) is 25.3 Å². The van der Waals surface area contributed by atoms with E-state index < -0.39 is 0 Å². The van der Waals surface area contributed by atoms with Crippen molar-refractivity contribution in [2.75, 3.05) is 24.5 Å². The van der Waals surface area contributed by atoms with Crippen molar-refractivity contribution in [3.05, 3.63) is 28.8 Å². The molecule has 1 aromatic carbocycles. The number of amides is 1. The molecule has 1 aliphatic rings. The van der Waals surface area contributed by atoms with Gasteiger partial charge in [0.25, 0.3) is 0 Å². The zero-order valence-corrected chi connectivity index (χ0v) is 10.8. The molecule has 1 heterocycles. The highest BCUT2D eigenvalue weighted by Gasteiger charge is 2.21. The lowest BCUT2D eigenvalue weighted by molar-refractivity contribution is -0.118. The molecule has 0 saturated carbocycles. The Labute approximate surface area is 103 Å². The molecule has 1 N–H and O–H groups in total. The van der Waals surface area contributed by atoms with Crippen molar-refractivity contribution >= 4 is 11.6 Å². The second-order valence-corrected chi connectivity index (χ2v) is 4.79. The quantitative estimate of drug-likeness (QED) is 0.802. The summed E-state index contributed by atoms with van der Waals surface area (Å²) in [6, 6.07) is 4.29. The minimum atomic E-state index is 0.227. The molecule has 0 aliphatic carbocycles. The van der Waals surface area contributed by atoms with E-state index in [4.69, 9.17) is 0 Å². The number of nitrogens with one attached hydrogen (secondary N) is 1. The molecule has 0 unspecified atom stereocenters. The van der Waals surface area contributed by atoms with Gasteiger partial charge in [-0.3, -0.25) is 4.79 Å². The molecule has 0 atom stereocenters. The Kier molecular flexibility index (Phi) is 3.48. The van der Waals surface area contributed by atoms with Gasteiger partial charge in [-0.05, 0) is 31.9 Å². The molecule has 1 amide bonds. The van der Waals surface area contributed by atoms with Crippen LogP contribution >= 0.6 is 0 Å². The smallest absolute Gasteiger partial charge is 0.228 e. The summed E-state index contributed by atoms with van der Waals surface area (Å²) in [5.41, 5.74) is 4.74. The molecule has 1 saturated heterocycles. The lowest BCUT2D eigenvalue weighted by Crippen LogP contribution is -2.33. The highest BCUT2D eigenvalue weighted by Crippen LogP contribution is 2.27. The van der Waals surface area contributed by atoms with Crippen LogP contribution in [0, 0.1) is 20.8 Å². The van der Waals surface area contributed by atoms with Crippen molar-refractivity contribution < 1.29 is 4.79 Å². The first-order valence-corrected chi connectivity index (χ1v) is 6.18. The van der Waals surface area contributed by atoms with Crippen molar-refractivity contribution in [2.24, 2.45) is 0 Å². The summed E-state index contributed by atoms with van der Waals surface area (Å²) < 4.78 is 0. The summed E-state index contributed by atoms with van der Waals surface area (Å²) in [6.45, 7) is 8.69. The van der Waals surface area contributed by atoms with Crippen LogP contribution in [-0.4, -0.2) is 25.5 Å². The third kappa shape index (κ3) is 2.50. The van der Waals surface area contributed by atoms with E-state index in [9.17, 15) is 4.79 Å². The zero-order chi connectivity index (χ0) is 12.4. The predicted molar refractivity (Wildman–Crippen MR) is 70.5 cm³/mol. The standard InChI is InChI=1S/C14H20N2O/c1-10-8-11(2)14(12(3)9-10)16-7-6-15-5-4-13(16)17/h8-9,15H,4-7H2,1-3H3. The van der Waals surface area contributed by atoms with Gasteiger partial charge in [-0.15, -0.1) is 0 Å². The molecule has 0 aromatic heterocycles.